The summed E-state index contributed by atoms with van der Waals surface area (Å²) in [5.41, 5.74) is 5.59. The van der Waals surface area contributed by atoms with Gasteiger partial charge in [-0.05, 0) is 18.2 Å². The Labute approximate surface area is 80.6 Å². The summed E-state index contributed by atoms with van der Waals surface area (Å²) in [6.07, 6.45) is 1.06. The maximum Gasteiger partial charge on any atom is 0.253 e. The zero-order valence-electron chi connectivity index (χ0n) is 7.62. The maximum absolute atomic E-state index is 12.8. The second-order valence-electron chi connectivity index (χ2n) is 2.52. The first-order valence-electron chi connectivity index (χ1n) is 3.95. The summed E-state index contributed by atoms with van der Waals surface area (Å²) in [5, 5.41) is 2.39. The van der Waals surface area contributed by atoms with Crippen molar-refractivity contribution in [3.05, 3.63) is 29.6 Å². The van der Waals surface area contributed by atoms with Crippen molar-refractivity contribution >= 4 is 17.9 Å². The Hall–Kier alpha value is -1.91. The van der Waals surface area contributed by atoms with Crippen LogP contribution >= 0.6 is 0 Å². The number of nitrogens with two attached hydrogens (primary N) is 1. The molecule has 0 aliphatic rings. The topological polar surface area (TPSA) is 67.5 Å². The molecule has 4 nitrogen and oxygen atoms in total. The molecule has 1 rings (SSSR count). The third-order valence-corrected chi connectivity index (χ3v) is 1.64. The molecule has 14 heavy (non-hydrogen) atoms. The lowest BCUT2D eigenvalue weighted by molar-refractivity contribution is 0.0963. The highest BCUT2D eigenvalue weighted by atomic mass is 19.1. The van der Waals surface area contributed by atoms with Gasteiger partial charge in [-0.1, -0.05) is 0 Å². The van der Waals surface area contributed by atoms with E-state index >= 15 is 0 Å². The van der Waals surface area contributed by atoms with E-state index in [1.165, 1.54) is 19.2 Å². The first-order chi connectivity index (χ1) is 6.69. The molecule has 0 aromatic heterocycles. The summed E-state index contributed by atoms with van der Waals surface area (Å²) in [6, 6.07) is 3.72. The van der Waals surface area contributed by atoms with Crippen molar-refractivity contribution in [2.75, 3.05) is 7.05 Å². The summed E-state index contributed by atoms with van der Waals surface area (Å²) in [7, 11) is 1.46. The Morgan fingerprint density at radius 2 is 2.36 bits per heavy atom. The highest BCUT2D eigenvalue weighted by Gasteiger charge is 2.09. The Kier molecular flexibility index (Phi) is 3.17. The monoisotopic (exact) mass is 195 g/mol. The number of amides is 1. The first kappa shape index (κ1) is 10.2. The lowest BCUT2D eigenvalue weighted by Crippen LogP contribution is -2.18. The minimum Gasteiger partial charge on any atom is -0.390 e. The predicted molar refractivity (Wildman–Crippen MR) is 52.1 cm³/mol. The number of rotatable bonds is 2. The van der Waals surface area contributed by atoms with E-state index < -0.39 is 11.7 Å². The Bertz CT molecular complexity index is 376. The normalized spacial score (nSPS) is 10.4. The smallest absolute Gasteiger partial charge is 0.253 e. The number of halogens is 1. The lowest BCUT2D eigenvalue weighted by atomic mass is 10.1. The molecule has 5 heteroatoms. The van der Waals surface area contributed by atoms with Crippen LogP contribution in [0.4, 0.5) is 10.1 Å². The third-order valence-electron chi connectivity index (χ3n) is 1.64. The van der Waals surface area contributed by atoms with Crippen LogP contribution in [-0.2, 0) is 0 Å². The average molecular weight is 195 g/mol. The van der Waals surface area contributed by atoms with E-state index in [1.54, 1.807) is 0 Å². The van der Waals surface area contributed by atoms with Gasteiger partial charge in [-0.2, -0.15) is 0 Å². The van der Waals surface area contributed by atoms with Crippen molar-refractivity contribution in [1.82, 2.24) is 5.32 Å². The van der Waals surface area contributed by atoms with E-state index in [-0.39, 0.29) is 5.56 Å². The molecule has 74 valence electrons. The van der Waals surface area contributed by atoms with Crippen LogP contribution in [0.5, 0.6) is 0 Å². The molecule has 1 aromatic carbocycles. The van der Waals surface area contributed by atoms with Gasteiger partial charge in [-0.15, -0.1) is 0 Å². The van der Waals surface area contributed by atoms with Gasteiger partial charge in [0.15, 0.2) is 0 Å². The van der Waals surface area contributed by atoms with Crippen molar-refractivity contribution in [2.45, 2.75) is 0 Å². The van der Waals surface area contributed by atoms with Crippen LogP contribution in [0.1, 0.15) is 10.4 Å². The van der Waals surface area contributed by atoms with Gasteiger partial charge in [0.05, 0.1) is 17.6 Å². The van der Waals surface area contributed by atoms with Gasteiger partial charge in [0.25, 0.3) is 5.91 Å². The highest BCUT2D eigenvalue weighted by molar-refractivity contribution is 5.99. The van der Waals surface area contributed by atoms with Crippen molar-refractivity contribution in [2.24, 2.45) is 10.7 Å². The molecule has 0 fully saturated rings. The number of aliphatic imine (C=N–C) groups is 1. The second-order valence-corrected chi connectivity index (χ2v) is 2.52. The largest absolute Gasteiger partial charge is 0.390 e. The highest BCUT2D eigenvalue weighted by Crippen LogP contribution is 2.19. The van der Waals surface area contributed by atoms with Crippen molar-refractivity contribution in [3.63, 3.8) is 0 Å². The molecular formula is C9H10FN3O. The van der Waals surface area contributed by atoms with Crippen LogP contribution in [0.3, 0.4) is 0 Å². The van der Waals surface area contributed by atoms with Crippen LogP contribution in [-0.4, -0.2) is 19.3 Å². The summed E-state index contributed by atoms with van der Waals surface area (Å²) in [5.74, 6) is -0.885. The molecule has 0 heterocycles. The fourth-order valence-corrected chi connectivity index (χ4v) is 1.02. The molecule has 0 atom stereocenters. The van der Waals surface area contributed by atoms with Crippen LogP contribution in [0.2, 0.25) is 0 Å². The molecule has 0 bridgehead atoms. The molecule has 1 aromatic rings. The second kappa shape index (κ2) is 4.36. The number of hydrogen-bond donors (Lipinski definition) is 2. The fraction of sp³-hybridized carbons (Fsp3) is 0.111. The molecule has 1 amide bonds. The third kappa shape index (κ3) is 2.07. The summed E-state index contributed by atoms with van der Waals surface area (Å²) in [6.45, 7) is 0. The van der Waals surface area contributed by atoms with Crippen molar-refractivity contribution in [1.29, 1.82) is 0 Å². The SMILES string of the molecule is CNC(=O)c1cc(F)ccc1N=CN. The molecule has 0 spiro atoms. The zero-order chi connectivity index (χ0) is 10.6. The number of nitrogens with one attached hydrogen (secondary N) is 1. The van der Waals surface area contributed by atoms with E-state index in [0.29, 0.717) is 5.69 Å². The molecule has 0 saturated heterocycles. The molecule has 0 aliphatic heterocycles. The van der Waals surface area contributed by atoms with Gasteiger partial charge in [0, 0.05) is 7.05 Å². The van der Waals surface area contributed by atoms with Gasteiger partial charge < -0.3 is 11.1 Å². The number of benzene rings is 1. The molecule has 0 aliphatic carbocycles. The quantitative estimate of drug-likeness (QED) is 0.541. The first-order valence-corrected chi connectivity index (χ1v) is 3.95. The number of carbonyl (C=O) groups is 1. The summed E-state index contributed by atoms with van der Waals surface area (Å²) < 4.78 is 12.8. The van der Waals surface area contributed by atoms with Gasteiger partial charge in [-0.3, -0.25) is 4.79 Å². The van der Waals surface area contributed by atoms with E-state index in [1.807, 2.05) is 0 Å². The van der Waals surface area contributed by atoms with E-state index in [2.05, 4.69) is 10.3 Å². The molecule has 0 unspecified atom stereocenters. The number of hydrogen-bond acceptors (Lipinski definition) is 2. The van der Waals surface area contributed by atoms with Crippen molar-refractivity contribution in [3.8, 4) is 0 Å². The van der Waals surface area contributed by atoms with E-state index in [4.69, 9.17) is 5.73 Å². The van der Waals surface area contributed by atoms with Crippen LogP contribution in [0, 0.1) is 5.82 Å². The van der Waals surface area contributed by atoms with Crippen LogP contribution in [0.25, 0.3) is 0 Å². The number of nitrogens with zero attached hydrogens (tertiary/aromatic N) is 1. The standard InChI is InChI=1S/C9H10FN3O/c1-12-9(14)7-4-6(10)2-3-8(7)13-5-11/h2-5H,1H3,(H2,11,13)(H,12,14). The van der Waals surface area contributed by atoms with Crippen LogP contribution in [0.15, 0.2) is 23.2 Å². The predicted octanol–water partition coefficient (Wildman–Crippen LogP) is 0.804. The van der Waals surface area contributed by atoms with Gasteiger partial charge >= 0.3 is 0 Å². The Morgan fingerprint density at radius 1 is 1.64 bits per heavy atom. The van der Waals surface area contributed by atoms with Gasteiger partial charge in [0.2, 0.25) is 0 Å². The van der Waals surface area contributed by atoms with Gasteiger partial charge in [-0.25, -0.2) is 9.38 Å². The Morgan fingerprint density at radius 3 is 2.93 bits per heavy atom. The van der Waals surface area contributed by atoms with E-state index in [9.17, 15) is 9.18 Å². The Balaban J connectivity index is 3.22. The average Bonchev–Trinajstić information content (AvgIpc) is 2.20. The maximum atomic E-state index is 12.8. The van der Waals surface area contributed by atoms with Crippen LogP contribution < -0.4 is 11.1 Å². The van der Waals surface area contributed by atoms with Crippen molar-refractivity contribution < 1.29 is 9.18 Å². The summed E-state index contributed by atoms with van der Waals surface area (Å²) in [4.78, 5) is 15.0. The van der Waals surface area contributed by atoms with E-state index in [0.717, 1.165) is 12.4 Å². The minimum absolute atomic E-state index is 0.161. The molecular weight excluding hydrogens is 185 g/mol. The molecule has 0 radical (unpaired) electrons. The van der Waals surface area contributed by atoms with Gasteiger partial charge in [0.1, 0.15) is 5.82 Å². The molecule has 0 saturated carbocycles. The summed E-state index contributed by atoms with van der Waals surface area (Å²) >= 11 is 0. The lowest BCUT2D eigenvalue weighted by Gasteiger charge is -2.03. The number of carbonyl (C=O) groups excluding carboxylic acids is 1. The molecule has 3 N–H and O–H groups in total. The zero-order valence-corrected chi connectivity index (χ0v) is 7.62. The minimum atomic E-state index is -0.487. The fourth-order valence-electron chi connectivity index (χ4n) is 1.02.